The van der Waals surface area contributed by atoms with E-state index in [9.17, 15) is 8.42 Å². The van der Waals surface area contributed by atoms with Gasteiger partial charge in [0.25, 0.3) is 10.0 Å². The number of aryl methyl sites for hydroxylation is 1. The first-order chi connectivity index (χ1) is 9.82. The number of halogens is 1. The van der Waals surface area contributed by atoms with E-state index in [1.54, 1.807) is 19.9 Å². The number of ether oxygens (including phenoxy) is 2. The molecule has 0 aliphatic rings. The van der Waals surface area contributed by atoms with Gasteiger partial charge in [0.15, 0.2) is 11.5 Å². The standard InChI is InChI=1S/C13H15BrN2O4S/c1-8-13(14)9(2)16(15-8)21(17,18)10-5-6-11(19-3)12(7-10)20-4/h5-7H,1-4H3. The highest BCUT2D eigenvalue weighted by Crippen LogP contribution is 2.31. The Morgan fingerprint density at radius 1 is 1.14 bits per heavy atom. The van der Waals surface area contributed by atoms with Gasteiger partial charge >= 0.3 is 0 Å². The third kappa shape index (κ3) is 2.65. The summed E-state index contributed by atoms with van der Waals surface area (Å²) in [6.07, 6.45) is 0. The first-order valence-corrected chi connectivity index (χ1v) is 8.25. The number of rotatable bonds is 4. The van der Waals surface area contributed by atoms with Crippen LogP contribution in [0.5, 0.6) is 11.5 Å². The Kier molecular flexibility index (Phi) is 4.29. The van der Waals surface area contributed by atoms with Gasteiger partial charge in [0.1, 0.15) is 0 Å². The van der Waals surface area contributed by atoms with Crippen molar-refractivity contribution in [2.24, 2.45) is 0 Å². The van der Waals surface area contributed by atoms with Crippen LogP contribution in [0.25, 0.3) is 0 Å². The average Bonchev–Trinajstić information content (AvgIpc) is 2.74. The molecule has 0 N–H and O–H groups in total. The lowest BCUT2D eigenvalue weighted by Gasteiger charge is -2.11. The van der Waals surface area contributed by atoms with E-state index in [-0.39, 0.29) is 4.90 Å². The van der Waals surface area contributed by atoms with Crippen LogP contribution in [-0.4, -0.2) is 31.8 Å². The van der Waals surface area contributed by atoms with Gasteiger partial charge in [-0.2, -0.15) is 17.6 Å². The van der Waals surface area contributed by atoms with Crippen LogP contribution < -0.4 is 9.47 Å². The topological polar surface area (TPSA) is 70.4 Å². The van der Waals surface area contributed by atoms with Crippen LogP contribution in [0.15, 0.2) is 27.6 Å². The summed E-state index contributed by atoms with van der Waals surface area (Å²) >= 11 is 3.32. The molecule has 114 valence electrons. The normalized spacial score (nSPS) is 11.5. The fourth-order valence-electron chi connectivity index (χ4n) is 1.91. The molecule has 0 unspecified atom stereocenters. The smallest absolute Gasteiger partial charge is 0.283 e. The maximum atomic E-state index is 12.7. The lowest BCUT2D eigenvalue weighted by Crippen LogP contribution is -2.16. The minimum absolute atomic E-state index is 0.0817. The van der Waals surface area contributed by atoms with E-state index in [2.05, 4.69) is 21.0 Å². The van der Waals surface area contributed by atoms with Gasteiger partial charge in [-0.05, 0) is 41.9 Å². The molecule has 0 saturated heterocycles. The van der Waals surface area contributed by atoms with E-state index in [4.69, 9.17) is 9.47 Å². The quantitative estimate of drug-likeness (QED) is 0.821. The van der Waals surface area contributed by atoms with E-state index in [0.717, 1.165) is 4.09 Å². The van der Waals surface area contributed by atoms with Crippen molar-refractivity contribution in [3.63, 3.8) is 0 Å². The Morgan fingerprint density at radius 3 is 2.24 bits per heavy atom. The zero-order chi connectivity index (χ0) is 15.8. The highest BCUT2D eigenvalue weighted by molar-refractivity contribution is 9.10. The van der Waals surface area contributed by atoms with Crippen LogP contribution in [-0.2, 0) is 10.0 Å². The zero-order valence-corrected chi connectivity index (χ0v) is 14.4. The molecule has 1 aromatic heterocycles. The average molecular weight is 375 g/mol. The molecule has 0 spiro atoms. The number of hydrogen-bond acceptors (Lipinski definition) is 5. The van der Waals surface area contributed by atoms with E-state index < -0.39 is 10.0 Å². The second kappa shape index (κ2) is 5.69. The van der Waals surface area contributed by atoms with Crippen LogP contribution >= 0.6 is 15.9 Å². The van der Waals surface area contributed by atoms with E-state index in [0.29, 0.717) is 27.4 Å². The van der Waals surface area contributed by atoms with Crippen LogP contribution in [0.1, 0.15) is 11.4 Å². The van der Waals surface area contributed by atoms with Gasteiger partial charge in [-0.15, -0.1) is 0 Å². The predicted molar refractivity (Wildman–Crippen MR) is 81.5 cm³/mol. The lowest BCUT2D eigenvalue weighted by molar-refractivity contribution is 0.354. The van der Waals surface area contributed by atoms with Gasteiger partial charge in [-0.1, -0.05) is 0 Å². The highest BCUT2D eigenvalue weighted by atomic mass is 79.9. The summed E-state index contributed by atoms with van der Waals surface area (Å²) in [5.41, 5.74) is 1.12. The second-order valence-electron chi connectivity index (χ2n) is 4.35. The Balaban J connectivity index is 2.61. The van der Waals surface area contributed by atoms with Crippen molar-refractivity contribution in [3.8, 4) is 11.5 Å². The van der Waals surface area contributed by atoms with Crippen molar-refractivity contribution < 1.29 is 17.9 Å². The molecule has 0 radical (unpaired) electrons. The third-order valence-corrected chi connectivity index (χ3v) is 5.85. The minimum atomic E-state index is -3.79. The number of benzene rings is 1. The molecule has 0 amide bonds. The van der Waals surface area contributed by atoms with Crippen molar-refractivity contribution >= 4 is 26.0 Å². The molecule has 2 rings (SSSR count). The molecule has 0 aliphatic heterocycles. The van der Waals surface area contributed by atoms with Crippen LogP contribution in [0.4, 0.5) is 0 Å². The molecule has 0 atom stereocenters. The van der Waals surface area contributed by atoms with E-state index in [1.807, 2.05) is 0 Å². The summed E-state index contributed by atoms with van der Waals surface area (Å²) in [6.45, 7) is 3.42. The second-order valence-corrected chi connectivity index (χ2v) is 6.91. The van der Waals surface area contributed by atoms with Crippen LogP contribution in [0.2, 0.25) is 0 Å². The number of methoxy groups -OCH3 is 2. The maximum Gasteiger partial charge on any atom is 0.283 e. The lowest BCUT2D eigenvalue weighted by atomic mass is 10.3. The molecule has 1 aromatic carbocycles. The van der Waals surface area contributed by atoms with Gasteiger partial charge < -0.3 is 9.47 Å². The highest BCUT2D eigenvalue weighted by Gasteiger charge is 2.24. The van der Waals surface area contributed by atoms with Crippen molar-refractivity contribution in [3.05, 3.63) is 34.1 Å². The monoisotopic (exact) mass is 374 g/mol. The van der Waals surface area contributed by atoms with Gasteiger partial charge in [-0.3, -0.25) is 0 Å². The van der Waals surface area contributed by atoms with Gasteiger partial charge in [-0.25, -0.2) is 0 Å². The molecule has 0 aliphatic carbocycles. The number of aromatic nitrogens is 2. The SMILES string of the molecule is COc1ccc(S(=O)(=O)n2nc(C)c(Br)c2C)cc1OC. The molecule has 0 fully saturated rings. The Bertz CT molecular complexity index is 784. The summed E-state index contributed by atoms with van der Waals surface area (Å²) in [6, 6.07) is 4.42. The molecule has 6 nitrogen and oxygen atoms in total. The van der Waals surface area contributed by atoms with E-state index >= 15 is 0 Å². The summed E-state index contributed by atoms with van der Waals surface area (Å²) in [5, 5.41) is 4.07. The Labute approximate surface area is 131 Å². The van der Waals surface area contributed by atoms with Crippen LogP contribution in [0, 0.1) is 13.8 Å². The minimum Gasteiger partial charge on any atom is -0.493 e. The number of nitrogens with zero attached hydrogens (tertiary/aromatic N) is 2. The molecule has 21 heavy (non-hydrogen) atoms. The van der Waals surface area contributed by atoms with Gasteiger partial charge in [0.05, 0.1) is 35.0 Å². The Morgan fingerprint density at radius 2 is 1.76 bits per heavy atom. The number of hydrogen-bond donors (Lipinski definition) is 0. The molecule has 0 saturated carbocycles. The molecular formula is C13H15BrN2O4S. The Hall–Kier alpha value is -1.54. The van der Waals surface area contributed by atoms with Gasteiger partial charge in [0, 0.05) is 6.07 Å². The van der Waals surface area contributed by atoms with Crippen molar-refractivity contribution in [2.45, 2.75) is 18.7 Å². The molecule has 0 bridgehead atoms. The summed E-state index contributed by atoms with van der Waals surface area (Å²) in [7, 11) is -0.846. The zero-order valence-electron chi connectivity index (χ0n) is 12.0. The fourth-order valence-corrected chi connectivity index (χ4v) is 3.65. The summed E-state index contributed by atoms with van der Waals surface area (Å²) in [5.74, 6) is 0.810. The maximum absolute atomic E-state index is 12.7. The molecular weight excluding hydrogens is 360 g/mol. The van der Waals surface area contributed by atoms with Gasteiger partial charge in [0.2, 0.25) is 0 Å². The molecule has 1 heterocycles. The van der Waals surface area contributed by atoms with Crippen molar-refractivity contribution in [1.29, 1.82) is 0 Å². The first-order valence-electron chi connectivity index (χ1n) is 6.02. The van der Waals surface area contributed by atoms with Crippen LogP contribution in [0.3, 0.4) is 0 Å². The first kappa shape index (κ1) is 15.8. The van der Waals surface area contributed by atoms with Crippen molar-refractivity contribution in [1.82, 2.24) is 9.19 Å². The summed E-state index contributed by atoms with van der Waals surface area (Å²) in [4.78, 5) is 0.0817. The van der Waals surface area contributed by atoms with Crippen molar-refractivity contribution in [2.75, 3.05) is 14.2 Å². The third-order valence-electron chi connectivity index (χ3n) is 3.04. The fraction of sp³-hybridized carbons (Fsp3) is 0.308. The molecule has 8 heteroatoms. The molecule has 2 aromatic rings. The predicted octanol–water partition coefficient (Wildman–Crippen LogP) is 2.52. The summed E-state index contributed by atoms with van der Waals surface area (Å²) < 4.78 is 37.3. The van der Waals surface area contributed by atoms with E-state index in [1.165, 1.54) is 26.4 Å². The largest absolute Gasteiger partial charge is 0.493 e.